The van der Waals surface area contributed by atoms with E-state index in [0.29, 0.717) is 10.6 Å². The van der Waals surface area contributed by atoms with Crippen LogP contribution in [0.15, 0.2) is 35.7 Å². The lowest BCUT2D eigenvalue weighted by atomic mass is 10.2. The molecule has 0 aliphatic rings. The maximum absolute atomic E-state index is 13.0. The van der Waals surface area contributed by atoms with Gasteiger partial charge in [-0.15, -0.1) is 11.3 Å². The molecule has 0 aliphatic carbocycles. The van der Waals surface area contributed by atoms with Gasteiger partial charge in [0.15, 0.2) is 0 Å². The fourth-order valence-corrected chi connectivity index (χ4v) is 2.37. The molecule has 0 saturated heterocycles. The van der Waals surface area contributed by atoms with Gasteiger partial charge in [-0.25, -0.2) is 4.39 Å². The maximum Gasteiger partial charge on any atom is 0.261 e. The molecule has 0 bridgehead atoms. The normalized spacial score (nSPS) is 11.8. The molecule has 2 N–H and O–H groups in total. The highest BCUT2D eigenvalue weighted by molar-refractivity contribution is 7.12. The van der Waals surface area contributed by atoms with Crippen LogP contribution in [-0.4, -0.2) is 17.9 Å². The van der Waals surface area contributed by atoms with E-state index in [2.05, 4.69) is 10.6 Å². The van der Waals surface area contributed by atoms with E-state index in [1.807, 2.05) is 0 Å². The Morgan fingerprint density at radius 1 is 1.33 bits per heavy atom. The summed E-state index contributed by atoms with van der Waals surface area (Å²) in [6.45, 7) is 1.56. The molecule has 21 heavy (non-hydrogen) atoms. The van der Waals surface area contributed by atoms with Gasteiger partial charge in [-0.05, 0) is 36.6 Å². The van der Waals surface area contributed by atoms with Crippen molar-refractivity contribution in [3.63, 3.8) is 0 Å². The van der Waals surface area contributed by atoms with Crippen LogP contribution < -0.4 is 10.6 Å². The minimum absolute atomic E-state index is 0.0805. The second-order valence-electron chi connectivity index (χ2n) is 4.29. The molecule has 2 amide bonds. The summed E-state index contributed by atoms with van der Waals surface area (Å²) < 4.78 is 13.0. The average Bonchev–Trinajstić information content (AvgIpc) is 2.97. The van der Waals surface area contributed by atoms with Gasteiger partial charge in [0.05, 0.1) is 9.90 Å². The van der Waals surface area contributed by atoms with Gasteiger partial charge in [-0.1, -0.05) is 17.7 Å². The number of carbonyl (C=O) groups excluding carboxylic acids is 2. The van der Waals surface area contributed by atoms with E-state index in [4.69, 9.17) is 11.6 Å². The van der Waals surface area contributed by atoms with Gasteiger partial charge in [0.1, 0.15) is 11.9 Å². The number of benzene rings is 1. The van der Waals surface area contributed by atoms with Crippen LogP contribution in [0.1, 0.15) is 16.6 Å². The molecule has 110 valence electrons. The monoisotopic (exact) mass is 326 g/mol. The quantitative estimate of drug-likeness (QED) is 0.905. The van der Waals surface area contributed by atoms with Crippen molar-refractivity contribution >= 4 is 40.4 Å². The molecule has 1 aromatic carbocycles. The van der Waals surface area contributed by atoms with Gasteiger partial charge in [-0.3, -0.25) is 9.59 Å². The zero-order valence-electron chi connectivity index (χ0n) is 11.0. The topological polar surface area (TPSA) is 58.2 Å². The molecule has 2 aromatic rings. The third kappa shape index (κ3) is 4.03. The van der Waals surface area contributed by atoms with Crippen molar-refractivity contribution in [3.8, 4) is 0 Å². The van der Waals surface area contributed by atoms with Crippen LogP contribution in [0.4, 0.5) is 10.1 Å². The zero-order chi connectivity index (χ0) is 15.4. The summed E-state index contributed by atoms with van der Waals surface area (Å²) in [5.41, 5.74) is 0.364. The van der Waals surface area contributed by atoms with Gasteiger partial charge in [-0.2, -0.15) is 0 Å². The first kappa shape index (κ1) is 15.5. The van der Waals surface area contributed by atoms with Crippen LogP contribution in [0.3, 0.4) is 0 Å². The van der Waals surface area contributed by atoms with Crippen molar-refractivity contribution in [1.29, 1.82) is 0 Å². The van der Waals surface area contributed by atoms with Crippen LogP contribution in [0.2, 0.25) is 5.02 Å². The van der Waals surface area contributed by atoms with Crippen LogP contribution in [0, 0.1) is 5.82 Å². The lowest BCUT2D eigenvalue weighted by Crippen LogP contribution is -2.41. The fourth-order valence-electron chi connectivity index (χ4n) is 1.57. The summed E-state index contributed by atoms with van der Waals surface area (Å²) in [6, 6.07) is 6.56. The molecule has 0 fully saturated rings. The van der Waals surface area contributed by atoms with Gasteiger partial charge in [0, 0.05) is 5.69 Å². The van der Waals surface area contributed by atoms with Crippen LogP contribution in [0.5, 0.6) is 0 Å². The van der Waals surface area contributed by atoms with E-state index in [9.17, 15) is 14.0 Å². The van der Waals surface area contributed by atoms with Crippen LogP contribution in [-0.2, 0) is 4.79 Å². The van der Waals surface area contributed by atoms with E-state index in [0.717, 1.165) is 6.07 Å². The summed E-state index contributed by atoms with van der Waals surface area (Å²) in [6.07, 6.45) is 0. The van der Waals surface area contributed by atoms with Crippen molar-refractivity contribution < 1.29 is 14.0 Å². The number of hydrogen-bond donors (Lipinski definition) is 2. The summed E-state index contributed by atoms with van der Waals surface area (Å²) in [5.74, 6) is -1.29. The number of thiophene rings is 1. The Hall–Kier alpha value is -1.92. The summed E-state index contributed by atoms with van der Waals surface area (Å²) in [5, 5.41) is 6.84. The predicted octanol–water partition coefficient (Wildman–Crippen LogP) is 3.30. The molecule has 1 aromatic heterocycles. The van der Waals surface area contributed by atoms with Gasteiger partial charge < -0.3 is 10.6 Å². The summed E-state index contributed by atoms with van der Waals surface area (Å²) in [7, 11) is 0. The lowest BCUT2D eigenvalue weighted by Gasteiger charge is -2.13. The van der Waals surface area contributed by atoms with E-state index < -0.39 is 17.8 Å². The number of halogens is 2. The molecule has 0 radical (unpaired) electrons. The van der Waals surface area contributed by atoms with Crippen LogP contribution >= 0.6 is 22.9 Å². The first-order valence-corrected chi connectivity index (χ1v) is 7.33. The number of anilines is 1. The second kappa shape index (κ2) is 6.69. The minimum atomic E-state index is -0.733. The molecule has 0 aliphatic heterocycles. The first-order chi connectivity index (χ1) is 9.97. The minimum Gasteiger partial charge on any atom is -0.340 e. The SMILES string of the molecule is CC(NC(=O)c1cccs1)C(=O)Nc1ccc(F)c(Cl)c1. The second-order valence-corrected chi connectivity index (χ2v) is 5.65. The highest BCUT2D eigenvalue weighted by atomic mass is 35.5. The summed E-state index contributed by atoms with van der Waals surface area (Å²) >= 11 is 6.92. The molecule has 0 saturated carbocycles. The molecule has 1 heterocycles. The molecule has 1 atom stereocenters. The van der Waals surface area contributed by atoms with Crippen molar-refractivity contribution in [2.45, 2.75) is 13.0 Å². The first-order valence-electron chi connectivity index (χ1n) is 6.07. The average molecular weight is 327 g/mol. The molecule has 2 rings (SSSR count). The Morgan fingerprint density at radius 2 is 2.10 bits per heavy atom. The number of nitrogens with one attached hydrogen (secondary N) is 2. The summed E-state index contributed by atoms with van der Waals surface area (Å²) in [4.78, 5) is 24.3. The Balaban J connectivity index is 1.96. The highest BCUT2D eigenvalue weighted by Gasteiger charge is 2.17. The number of rotatable bonds is 4. The molecular formula is C14H12ClFN2O2S. The molecular weight excluding hydrogens is 315 g/mol. The Labute approximate surface area is 129 Å². The Morgan fingerprint density at radius 3 is 2.71 bits per heavy atom. The van der Waals surface area contributed by atoms with E-state index >= 15 is 0 Å². The van der Waals surface area contributed by atoms with Crippen LogP contribution in [0.25, 0.3) is 0 Å². The molecule has 1 unspecified atom stereocenters. The smallest absolute Gasteiger partial charge is 0.261 e. The van der Waals surface area contributed by atoms with E-state index in [-0.39, 0.29) is 10.9 Å². The number of amides is 2. The third-order valence-electron chi connectivity index (χ3n) is 2.67. The van der Waals surface area contributed by atoms with Gasteiger partial charge >= 0.3 is 0 Å². The van der Waals surface area contributed by atoms with Crippen molar-refractivity contribution in [2.75, 3.05) is 5.32 Å². The third-order valence-corrected chi connectivity index (χ3v) is 3.83. The molecule has 7 heteroatoms. The molecule has 4 nitrogen and oxygen atoms in total. The maximum atomic E-state index is 13.0. The van der Waals surface area contributed by atoms with Gasteiger partial charge in [0.25, 0.3) is 5.91 Å². The van der Waals surface area contributed by atoms with Gasteiger partial charge in [0.2, 0.25) is 5.91 Å². The van der Waals surface area contributed by atoms with Crippen molar-refractivity contribution in [3.05, 3.63) is 51.4 Å². The lowest BCUT2D eigenvalue weighted by molar-refractivity contribution is -0.117. The van der Waals surface area contributed by atoms with Crippen molar-refractivity contribution in [1.82, 2.24) is 5.32 Å². The fraction of sp³-hybridized carbons (Fsp3) is 0.143. The zero-order valence-corrected chi connectivity index (χ0v) is 12.6. The number of carbonyl (C=O) groups is 2. The predicted molar refractivity (Wildman–Crippen MR) is 81.3 cm³/mol. The Kier molecular flexibility index (Phi) is 4.93. The largest absolute Gasteiger partial charge is 0.340 e. The standard InChI is InChI=1S/C14H12ClFN2O2S/c1-8(17-14(20)12-3-2-6-21-12)13(19)18-9-4-5-11(16)10(15)7-9/h2-8H,1H3,(H,17,20)(H,18,19). The molecule has 0 spiro atoms. The Bertz CT molecular complexity index is 661. The number of hydrogen-bond acceptors (Lipinski definition) is 3. The highest BCUT2D eigenvalue weighted by Crippen LogP contribution is 2.19. The van der Waals surface area contributed by atoms with E-state index in [1.54, 1.807) is 24.4 Å². The van der Waals surface area contributed by atoms with E-state index in [1.165, 1.54) is 23.5 Å². The van der Waals surface area contributed by atoms with Crippen molar-refractivity contribution in [2.24, 2.45) is 0 Å².